The predicted octanol–water partition coefficient (Wildman–Crippen LogP) is 1.86. The van der Waals surface area contributed by atoms with Crippen molar-refractivity contribution in [3.63, 3.8) is 0 Å². The van der Waals surface area contributed by atoms with Crippen molar-refractivity contribution in [3.8, 4) is 0 Å². The van der Waals surface area contributed by atoms with Gasteiger partial charge in [-0.2, -0.15) is 0 Å². The smallest absolute Gasteiger partial charge is 0.227 e. The van der Waals surface area contributed by atoms with Gasteiger partial charge in [0.25, 0.3) is 0 Å². The second kappa shape index (κ2) is 4.67. The van der Waals surface area contributed by atoms with Gasteiger partial charge in [0, 0.05) is 30.1 Å². The first-order valence-corrected chi connectivity index (χ1v) is 5.48. The fourth-order valence-electron chi connectivity index (χ4n) is 2.07. The summed E-state index contributed by atoms with van der Waals surface area (Å²) in [5.74, 6) is -0.306. The molecule has 0 aliphatic carbocycles. The Hall–Kier alpha value is -1.68. The molecule has 1 unspecified atom stereocenters. The highest BCUT2D eigenvalue weighted by Gasteiger charge is 2.29. The highest BCUT2D eigenvalue weighted by molar-refractivity contribution is 5.96. The molecule has 1 N–H and O–H groups in total. The summed E-state index contributed by atoms with van der Waals surface area (Å²) in [6, 6.07) is 4.08. The summed E-state index contributed by atoms with van der Waals surface area (Å²) in [7, 11) is 0. The average molecular weight is 235 g/mol. The Morgan fingerprint density at radius 3 is 2.94 bits per heavy atom. The van der Waals surface area contributed by atoms with Gasteiger partial charge in [-0.1, -0.05) is 6.08 Å². The standard InChI is InChI=1S/C13H14FNO2/c1-2-9-5-13(17)15(7-9)12-4-3-11(14)6-10(12)8-16/h2-4,6,9,16H,1,5,7-8H2. The first-order chi connectivity index (χ1) is 8.15. The van der Waals surface area contributed by atoms with Gasteiger partial charge in [0.2, 0.25) is 5.91 Å². The van der Waals surface area contributed by atoms with Crippen LogP contribution in [0.1, 0.15) is 12.0 Å². The number of carbonyl (C=O) groups excluding carboxylic acids is 1. The number of aliphatic hydroxyl groups is 1. The first-order valence-electron chi connectivity index (χ1n) is 5.48. The van der Waals surface area contributed by atoms with Crippen LogP contribution in [0.25, 0.3) is 0 Å². The molecule has 1 aromatic carbocycles. The van der Waals surface area contributed by atoms with Crippen molar-refractivity contribution in [2.75, 3.05) is 11.4 Å². The predicted molar refractivity (Wildman–Crippen MR) is 63.0 cm³/mol. The molecule has 1 fully saturated rings. The zero-order chi connectivity index (χ0) is 12.4. The summed E-state index contributed by atoms with van der Waals surface area (Å²) in [6.07, 6.45) is 2.17. The van der Waals surface area contributed by atoms with Crippen molar-refractivity contribution in [1.82, 2.24) is 0 Å². The molecular weight excluding hydrogens is 221 g/mol. The lowest BCUT2D eigenvalue weighted by molar-refractivity contribution is -0.117. The molecule has 1 amide bonds. The molecule has 0 bridgehead atoms. The van der Waals surface area contributed by atoms with E-state index in [0.29, 0.717) is 24.2 Å². The molecule has 1 heterocycles. The molecule has 0 radical (unpaired) electrons. The van der Waals surface area contributed by atoms with Gasteiger partial charge >= 0.3 is 0 Å². The molecule has 0 aromatic heterocycles. The number of hydrogen-bond donors (Lipinski definition) is 1. The Balaban J connectivity index is 2.34. The van der Waals surface area contributed by atoms with E-state index in [-0.39, 0.29) is 18.4 Å². The summed E-state index contributed by atoms with van der Waals surface area (Å²) < 4.78 is 13.0. The molecule has 2 rings (SSSR count). The van der Waals surface area contributed by atoms with Crippen molar-refractivity contribution in [2.45, 2.75) is 13.0 Å². The molecular formula is C13H14FNO2. The van der Waals surface area contributed by atoms with Crippen LogP contribution in [0.2, 0.25) is 0 Å². The van der Waals surface area contributed by atoms with Gasteiger partial charge in [-0.25, -0.2) is 4.39 Å². The van der Waals surface area contributed by atoms with E-state index in [1.807, 2.05) is 0 Å². The molecule has 17 heavy (non-hydrogen) atoms. The Labute approximate surface area is 99.2 Å². The van der Waals surface area contributed by atoms with E-state index in [2.05, 4.69) is 6.58 Å². The quantitative estimate of drug-likeness (QED) is 0.812. The van der Waals surface area contributed by atoms with Crippen molar-refractivity contribution in [1.29, 1.82) is 0 Å². The lowest BCUT2D eigenvalue weighted by Crippen LogP contribution is -2.25. The van der Waals surface area contributed by atoms with Crippen LogP contribution >= 0.6 is 0 Å². The van der Waals surface area contributed by atoms with E-state index in [9.17, 15) is 14.3 Å². The third kappa shape index (κ3) is 2.22. The Morgan fingerprint density at radius 2 is 2.35 bits per heavy atom. The fourth-order valence-corrected chi connectivity index (χ4v) is 2.07. The first kappa shape index (κ1) is 11.8. The summed E-state index contributed by atoms with van der Waals surface area (Å²) >= 11 is 0. The maximum Gasteiger partial charge on any atom is 0.227 e. The normalized spacial score (nSPS) is 19.8. The topological polar surface area (TPSA) is 40.5 Å². The number of aliphatic hydroxyl groups excluding tert-OH is 1. The molecule has 90 valence electrons. The number of hydrogen-bond acceptors (Lipinski definition) is 2. The molecule has 1 aromatic rings. The van der Waals surface area contributed by atoms with Crippen LogP contribution in [0, 0.1) is 11.7 Å². The van der Waals surface area contributed by atoms with Crippen molar-refractivity contribution >= 4 is 11.6 Å². The molecule has 1 saturated heterocycles. The van der Waals surface area contributed by atoms with Gasteiger partial charge in [-0.05, 0) is 18.2 Å². The highest BCUT2D eigenvalue weighted by Crippen LogP contribution is 2.29. The summed E-state index contributed by atoms with van der Waals surface area (Å²) in [6.45, 7) is 3.93. The van der Waals surface area contributed by atoms with Crippen LogP contribution in [0.15, 0.2) is 30.9 Å². The zero-order valence-corrected chi connectivity index (χ0v) is 9.40. The van der Waals surface area contributed by atoms with E-state index >= 15 is 0 Å². The molecule has 0 spiro atoms. The van der Waals surface area contributed by atoms with E-state index in [0.717, 1.165) is 0 Å². The van der Waals surface area contributed by atoms with Crippen molar-refractivity contribution in [3.05, 3.63) is 42.2 Å². The lowest BCUT2D eigenvalue weighted by Gasteiger charge is -2.19. The van der Waals surface area contributed by atoms with Crippen LogP contribution in [0.3, 0.4) is 0 Å². The van der Waals surface area contributed by atoms with Crippen LogP contribution in [0.5, 0.6) is 0 Å². The third-order valence-corrected chi connectivity index (χ3v) is 2.99. The fraction of sp³-hybridized carbons (Fsp3) is 0.308. The lowest BCUT2D eigenvalue weighted by atomic mass is 10.1. The summed E-state index contributed by atoms with van der Waals surface area (Å²) in [5.41, 5.74) is 1.02. The minimum Gasteiger partial charge on any atom is -0.392 e. The molecule has 1 aliphatic rings. The number of halogens is 1. The van der Waals surface area contributed by atoms with Gasteiger partial charge in [0.05, 0.1) is 6.61 Å². The van der Waals surface area contributed by atoms with Gasteiger partial charge in [-0.3, -0.25) is 4.79 Å². The monoisotopic (exact) mass is 235 g/mol. The molecule has 3 nitrogen and oxygen atoms in total. The molecule has 1 atom stereocenters. The highest BCUT2D eigenvalue weighted by atomic mass is 19.1. The average Bonchev–Trinajstić information content (AvgIpc) is 2.70. The number of rotatable bonds is 3. The van der Waals surface area contributed by atoms with Crippen LogP contribution in [-0.4, -0.2) is 17.6 Å². The second-order valence-electron chi connectivity index (χ2n) is 4.14. The number of nitrogens with zero attached hydrogens (tertiary/aromatic N) is 1. The minimum absolute atomic E-state index is 0.0174. The van der Waals surface area contributed by atoms with Crippen LogP contribution < -0.4 is 4.90 Å². The SMILES string of the molecule is C=CC1CC(=O)N(c2ccc(F)cc2CO)C1. The van der Waals surface area contributed by atoms with Gasteiger partial charge in [0.15, 0.2) is 0 Å². The number of amides is 1. The number of benzene rings is 1. The van der Waals surface area contributed by atoms with E-state index < -0.39 is 5.82 Å². The van der Waals surface area contributed by atoms with Crippen LogP contribution in [-0.2, 0) is 11.4 Å². The van der Waals surface area contributed by atoms with Gasteiger partial charge in [-0.15, -0.1) is 6.58 Å². The second-order valence-corrected chi connectivity index (χ2v) is 4.14. The van der Waals surface area contributed by atoms with E-state index in [1.165, 1.54) is 18.2 Å². The Bertz CT molecular complexity index is 459. The van der Waals surface area contributed by atoms with Crippen molar-refractivity contribution in [2.24, 2.45) is 5.92 Å². The van der Waals surface area contributed by atoms with Gasteiger partial charge in [0.1, 0.15) is 5.82 Å². The zero-order valence-electron chi connectivity index (χ0n) is 9.40. The van der Waals surface area contributed by atoms with Gasteiger partial charge < -0.3 is 10.0 Å². The molecule has 0 saturated carbocycles. The third-order valence-electron chi connectivity index (χ3n) is 2.99. The summed E-state index contributed by atoms with van der Waals surface area (Å²) in [5, 5.41) is 9.19. The molecule has 1 aliphatic heterocycles. The summed E-state index contributed by atoms with van der Waals surface area (Å²) in [4.78, 5) is 13.4. The molecule has 4 heteroatoms. The van der Waals surface area contributed by atoms with Crippen LogP contribution in [0.4, 0.5) is 10.1 Å². The Kier molecular flexibility index (Phi) is 3.24. The number of anilines is 1. The van der Waals surface area contributed by atoms with E-state index in [1.54, 1.807) is 11.0 Å². The number of carbonyl (C=O) groups is 1. The minimum atomic E-state index is -0.412. The van der Waals surface area contributed by atoms with E-state index in [4.69, 9.17) is 0 Å². The maximum atomic E-state index is 13.0. The maximum absolute atomic E-state index is 13.0. The van der Waals surface area contributed by atoms with Crippen molar-refractivity contribution < 1.29 is 14.3 Å². The Morgan fingerprint density at radius 1 is 1.59 bits per heavy atom. The largest absolute Gasteiger partial charge is 0.392 e.